The summed E-state index contributed by atoms with van der Waals surface area (Å²) in [5, 5.41) is 9.11. The van der Waals surface area contributed by atoms with Gasteiger partial charge in [0.1, 0.15) is 11.5 Å². The summed E-state index contributed by atoms with van der Waals surface area (Å²) in [6, 6.07) is 15.3. The Morgan fingerprint density at radius 3 is 2.60 bits per heavy atom. The van der Waals surface area contributed by atoms with Crippen molar-refractivity contribution in [1.82, 2.24) is 10.4 Å². The molecular weight excluding hydrogens is 400 g/mol. The van der Waals surface area contributed by atoms with Crippen molar-refractivity contribution in [2.24, 2.45) is 11.0 Å². The molecule has 2 heterocycles. The molecule has 2 atom stereocenters. The highest BCUT2D eigenvalue weighted by molar-refractivity contribution is 6.40. The molecule has 2 aliphatic heterocycles. The molecule has 30 heavy (non-hydrogen) atoms. The van der Waals surface area contributed by atoms with Crippen LogP contribution in [0.4, 0.5) is 5.69 Å². The van der Waals surface area contributed by atoms with Gasteiger partial charge >= 0.3 is 0 Å². The molecule has 0 saturated carbocycles. The zero-order valence-electron chi connectivity index (χ0n) is 17.1. The van der Waals surface area contributed by atoms with Gasteiger partial charge in [0.2, 0.25) is 0 Å². The lowest BCUT2D eigenvalue weighted by Gasteiger charge is -2.28. The Labute approximate surface area is 181 Å². The number of hydrogen-bond donors (Lipinski definition) is 1. The topological polar surface area (TPSA) is 57.2 Å². The van der Waals surface area contributed by atoms with Crippen LogP contribution in [0.1, 0.15) is 24.9 Å². The minimum absolute atomic E-state index is 0.130. The Kier molecular flexibility index (Phi) is 6.06. The first-order valence-corrected chi connectivity index (χ1v) is 10.4. The third-order valence-electron chi connectivity index (χ3n) is 5.49. The van der Waals surface area contributed by atoms with Crippen LogP contribution in [-0.2, 0) is 4.79 Å². The maximum Gasteiger partial charge on any atom is 0.282 e. The van der Waals surface area contributed by atoms with Crippen molar-refractivity contribution in [3.8, 4) is 5.75 Å². The van der Waals surface area contributed by atoms with Crippen LogP contribution < -0.4 is 15.2 Å². The van der Waals surface area contributed by atoms with Crippen molar-refractivity contribution >= 4 is 28.9 Å². The number of nitrogens with one attached hydrogen (secondary N) is 1. The van der Waals surface area contributed by atoms with Gasteiger partial charge in [0.25, 0.3) is 5.91 Å². The van der Waals surface area contributed by atoms with Crippen LogP contribution in [0.5, 0.6) is 5.75 Å². The molecule has 0 unspecified atom stereocenters. The highest BCUT2D eigenvalue weighted by atomic mass is 35.5. The quantitative estimate of drug-likeness (QED) is 0.731. The second-order valence-electron chi connectivity index (χ2n) is 7.43. The van der Waals surface area contributed by atoms with Crippen molar-refractivity contribution in [3.63, 3.8) is 0 Å². The number of para-hydroxylation sites is 1. The van der Waals surface area contributed by atoms with Gasteiger partial charge in [-0.25, -0.2) is 5.01 Å². The fourth-order valence-electron chi connectivity index (χ4n) is 3.90. The number of benzene rings is 2. The molecule has 0 bridgehead atoms. The number of anilines is 1. The number of rotatable bonds is 5. The molecular formula is C23H25ClN4O2. The van der Waals surface area contributed by atoms with Crippen LogP contribution in [0, 0.1) is 5.92 Å². The fourth-order valence-corrected chi connectivity index (χ4v) is 4.12. The standard InChI is InChI=1S/C23H25ClN4O2/c1-16-21(23(29)26-27-14-6-3-7-15-27)25-28(20-9-5-4-8-19(20)24)22(16)17-10-12-18(30-2)13-11-17/h3-6,8-13,16,22H,7,14-15H2,1-2H3,(H,26,29)/t16-,22+/m1/s1. The van der Waals surface area contributed by atoms with Crippen molar-refractivity contribution in [2.45, 2.75) is 19.4 Å². The largest absolute Gasteiger partial charge is 0.497 e. The van der Waals surface area contributed by atoms with Crippen LogP contribution in [0.15, 0.2) is 65.8 Å². The number of ether oxygens (including phenoxy) is 1. The summed E-state index contributed by atoms with van der Waals surface area (Å²) in [6.45, 7) is 3.52. The van der Waals surface area contributed by atoms with Crippen LogP contribution in [0.2, 0.25) is 5.02 Å². The van der Waals surface area contributed by atoms with E-state index in [-0.39, 0.29) is 17.9 Å². The highest BCUT2D eigenvalue weighted by Crippen LogP contribution is 2.41. The predicted octanol–water partition coefficient (Wildman–Crippen LogP) is 4.20. The van der Waals surface area contributed by atoms with E-state index < -0.39 is 0 Å². The molecule has 0 aliphatic carbocycles. The van der Waals surface area contributed by atoms with E-state index in [1.807, 2.05) is 65.5 Å². The summed E-state index contributed by atoms with van der Waals surface area (Å²) in [6.07, 6.45) is 5.10. The van der Waals surface area contributed by atoms with Crippen molar-refractivity contribution < 1.29 is 9.53 Å². The molecule has 0 saturated heterocycles. The summed E-state index contributed by atoms with van der Waals surface area (Å²) in [5.41, 5.74) is 5.30. The smallest absolute Gasteiger partial charge is 0.282 e. The van der Waals surface area contributed by atoms with Gasteiger partial charge < -0.3 is 4.74 Å². The summed E-state index contributed by atoms with van der Waals surface area (Å²) in [4.78, 5) is 13.1. The number of methoxy groups -OCH3 is 1. The van der Waals surface area contributed by atoms with E-state index in [1.165, 1.54) is 0 Å². The normalized spacial score (nSPS) is 21.4. The molecule has 1 amide bonds. The number of halogens is 1. The number of hydrazine groups is 1. The molecule has 0 spiro atoms. The summed E-state index contributed by atoms with van der Waals surface area (Å²) in [5.74, 6) is 0.478. The van der Waals surface area contributed by atoms with E-state index in [1.54, 1.807) is 7.11 Å². The van der Waals surface area contributed by atoms with Gasteiger partial charge in [-0.1, -0.05) is 54.9 Å². The predicted molar refractivity (Wildman–Crippen MR) is 120 cm³/mol. The second kappa shape index (κ2) is 8.90. The van der Waals surface area contributed by atoms with Gasteiger partial charge in [-0.15, -0.1) is 0 Å². The molecule has 2 aromatic carbocycles. The number of hydrazone groups is 1. The van der Waals surface area contributed by atoms with Crippen LogP contribution in [-0.4, -0.2) is 36.8 Å². The third-order valence-corrected chi connectivity index (χ3v) is 5.81. The van der Waals surface area contributed by atoms with E-state index in [2.05, 4.69) is 17.6 Å². The van der Waals surface area contributed by atoms with Crippen LogP contribution in [0.25, 0.3) is 0 Å². The first-order valence-electron chi connectivity index (χ1n) is 10.1. The van der Waals surface area contributed by atoms with E-state index in [0.29, 0.717) is 17.3 Å². The highest BCUT2D eigenvalue weighted by Gasteiger charge is 2.40. The molecule has 156 valence electrons. The maximum atomic E-state index is 13.1. The third kappa shape index (κ3) is 4.06. The molecule has 0 aromatic heterocycles. The van der Waals surface area contributed by atoms with Gasteiger partial charge in [-0.2, -0.15) is 5.10 Å². The van der Waals surface area contributed by atoms with Gasteiger partial charge in [0.05, 0.1) is 23.9 Å². The number of nitrogens with zero attached hydrogens (tertiary/aromatic N) is 3. The molecule has 4 rings (SSSR count). The number of carbonyl (C=O) groups is 1. The average Bonchev–Trinajstić information content (AvgIpc) is 3.12. The minimum Gasteiger partial charge on any atom is -0.497 e. The van der Waals surface area contributed by atoms with Gasteiger partial charge in [0.15, 0.2) is 0 Å². The van der Waals surface area contributed by atoms with E-state index in [0.717, 1.165) is 30.0 Å². The molecule has 0 radical (unpaired) electrons. The number of carbonyl (C=O) groups excluding carboxylic acids is 1. The molecule has 2 aliphatic rings. The van der Waals surface area contributed by atoms with Gasteiger partial charge in [0, 0.05) is 19.0 Å². The van der Waals surface area contributed by atoms with Gasteiger partial charge in [-0.3, -0.25) is 15.2 Å². The summed E-state index contributed by atoms with van der Waals surface area (Å²) >= 11 is 6.49. The fraction of sp³-hybridized carbons (Fsp3) is 0.304. The first-order chi connectivity index (χ1) is 14.6. The summed E-state index contributed by atoms with van der Waals surface area (Å²) < 4.78 is 5.29. The lowest BCUT2D eigenvalue weighted by atomic mass is 9.91. The molecule has 6 nitrogen and oxygen atoms in total. The van der Waals surface area contributed by atoms with E-state index >= 15 is 0 Å². The molecule has 7 heteroatoms. The zero-order valence-corrected chi connectivity index (χ0v) is 17.8. The van der Waals surface area contributed by atoms with E-state index in [9.17, 15) is 4.79 Å². The van der Waals surface area contributed by atoms with Gasteiger partial charge in [-0.05, 0) is 36.2 Å². The maximum absolute atomic E-state index is 13.1. The van der Waals surface area contributed by atoms with E-state index in [4.69, 9.17) is 21.4 Å². The van der Waals surface area contributed by atoms with Crippen molar-refractivity contribution in [3.05, 3.63) is 71.3 Å². The zero-order chi connectivity index (χ0) is 21.1. The first kappa shape index (κ1) is 20.4. The Morgan fingerprint density at radius 2 is 1.93 bits per heavy atom. The number of amides is 1. The minimum atomic E-state index is -0.175. The lowest BCUT2D eigenvalue weighted by molar-refractivity contribution is -0.119. The summed E-state index contributed by atoms with van der Waals surface area (Å²) in [7, 11) is 1.64. The monoisotopic (exact) mass is 424 g/mol. The lowest BCUT2D eigenvalue weighted by Crippen LogP contribution is -2.47. The Balaban J connectivity index is 1.67. The SMILES string of the molecule is COc1ccc([C@@H]2[C@H](C)C(C(=O)NN3CC=CCC3)=NN2c2ccccc2Cl)cc1. The molecule has 0 fully saturated rings. The average molecular weight is 425 g/mol. The van der Waals surface area contributed by atoms with Crippen molar-refractivity contribution in [2.75, 3.05) is 25.2 Å². The Morgan fingerprint density at radius 1 is 1.17 bits per heavy atom. The molecule has 1 N–H and O–H groups in total. The van der Waals surface area contributed by atoms with Crippen LogP contribution in [0.3, 0.4) is 0 Å². The Bertz CT molecular complexity index is 973. The van der Waals surface area contributed by atoms with Crippen LogP contribution >= 0.6 is 11.6 Å². The van der Waals surface area contributed by atoms with Crippen molar-refractivity contribution in [1.29, 1.82) is 0 Å². The molecule has 2 aromatic rings. The number of hydrogen-bond acceptors (Lipinski definition) is 5. The Hall–Kier alpha value is -2.83. The second-order valence-corrected chi connectivity index (χ2v) is 7.84.